The summed E-state index contributed by atoms with van der Waals surface area (Å²) >= 11 is 5.13. The number of hydrogen-bond acceptors (Lipinski definition) is 4. The number of hydrogen-bond donors (Lipinski definition) is 1. The molecule has 0 heterocycles. The van der Waals surface area contributed by atoms with E-state index in [2.05, 4.69) is 34.4 Å². The highest BCUT2D eigenvalue weighted by molar-refractivity contribution is 9.10. The van der Waals surface area contributed by atoms with Crippen molar-refractivity contribution < 1.29 is 4.92 Å². The number of thioether (sulfide) groups is 1. The van der Waals surface area contributed by atoms with E-state index in [0.717, 1.165) is 23.0 Å². The third-order valence-electron chi connectivity index (χ3n) is 2.61. The topological polar surface area (TPSA) is 55.2 Å². The highest BCUT2D eigenvalue weighted by Crippen LogP contribution is 2.21. The second-order valence-corrected chi connectivity index (χ2v) is 6.28. The molecule has 0 radical (unpaired) electrons. The van der Waals surface area contributed by atoms with Crippen LogP contribution in [0.3, 0.4) is 0 Å². The molecule has 0 saturated carbocycles. The summed E-state index contributed by atoms with van der Waals surface area (Å²) in [6.07, 6.45) is 3.19. The summed E-state index contributed by atoms with van der Waals surface area (Å²) in [6.45, 7) is 3.76. The van der Waals surface area contributed by atoms with Gasteiger partial charge in [0.2, 0.25) is 0 Å². The van der Waals surface area contributed by atoms with Crippen molar-refractivity contribution in [2.45, 2.75) is 25.1 Å². The Morgan fingerprint density at radius 1 is 1.50 bits per heavy atom. The molecule has 18 heavy (non-hydrogen) atoms. The van der Waals surface area contributed by atoms with E-state index in [1.54, 1.807) is 6.07 Å². The lowest BCUT2D eigenvalue weighted by Crippen LogP contribution is -2.17. The van der Waals surface area contributed by atoms with Crippen molar-refractivity contribution in [3.05, 3.63) is 38.3 Å². The van der Waals surface area contributed by atoms with E-state index in [1.165, 1.54) is 6.07 Å². The van der Waals surface area contributed by atoms with Gasteiger partial charge in [0.05, 0.1) is 4.92 Å². The Balaban J connectivity index is 2.49. The average Bonchev–Trinajstić information content (AvgIpc) is 2.33. The molecule has 1 unspecified atom stereocenters. The lowest BCUT2D eigenvalue weighted by molar-refractivity contribution is -0.385. The van der Waals surface area contributed by atoms with E-state index in [0.29, 0.717) is 11.8 Å². The molecule has 0 bridgehead atoms. The number of nitrogens with zero attached hydrogens (tertiary/aromatic N) is 1. The molecule has 1 atom stereocenters. The quantitative estimate of drug-likeness (QED) is 0.471. The van der Waals surface area contributed by atoms with Gasteiger partial charge in [-0.05, 0) is 30.9 Å². The van der Waals surface area contributed by atoms with Gasteiger partial charge in [0.25, 0.3) is 5.69 Å². The van der Waals surface area contributed by atoms with E-state index in [1.807, 2.05) is 17.8 Å². The van der Waals surface area contributed by atoms with Crippen LogP contribution in [-0.2, 0) is 6.54 Å². The van der Waals surface area contributed by atoms with Crippen LogP contribution in [0.2, 0.25) is 0 Å². The Bertz CT molecular complexity index is 415. The number of non-ortho nitro benzene ring substituents is 1. The minimum atomic E-state index is -0.371. The maximum absolute atomic E-state index is 10.7. The third kappa shape index (κ3) is 5.37. The maximum atomic E-state index is 10.7. The summed E-state index contributed by atoms with van der Waals surface area (Å²) in [7, 11) is 0. The van der Waals surface area contributed by atoms with Crippen LogP contribution in [0.5, 0.6) is 0 Å². The summed E-state index contributed by atoms with van der Waals surface area (Å²) in [5.74, 6) is 0. The first-order valence-electron chi connectivity index (χ1n) is 5.70. The third-order valence-corrected chi connectivity index (χ3v) is 4.11. The minimum Gasteiger partial charge on any atom is -0.313 e. The Labute approximate surface area is 120 Å². The van der Waals surface area contributed by atoms with Gasteiger partial charge < -0.3 is 5.32 Å². The fourth-order valence-electron chi connectivity index (χ4n) is 1.50. The molecule has 0 aliphatic rings. The first-order chi connectivity index (χ1) is 8.52. The van der Waals surface area contributed by atoms with Crippen LogP contribution in [0.1, 0.15) is 18.9 Å². The van der Waals surface area contributed by atoms with E-state index in [9.17, 15) is 10.1 Å². The molecule has 1 aromatic carbocycles. The highest BCUT2D eigenvalue weighted by Gasteiger charge is 2.08. The number of nitro benzene ring substituents is 1. The molecule has 0 aromatic heterocycles. The maximum Gasteiger partial charge on any atom is 0.270 e. The van der Waals surface area contributed by atoms with Crippen LogP contribution in [-0.4, -0.2) is 23.0 Å². The number of nitro groups is 1. The molecule has 1 aromatic rings. The molecule has 0 spiro atoms. The first-order valence-corrected chi connectivity index (χ1v) is 7.78. The Kier molecular flexibility index (Phi) is 6.67. The highest BCUT2D eigenvalue weighted by atomic mass is 79.9. The van der Waals surface area contributed by atoms with Gasteiger partial charge in [0.15, 0.2) is 0 Å². The van der Waals surface area contributed by atoms with Gasteiger partial charge >= 0.3 is 0 Å². The zero-order valence-corrected chi connectivity index (χ0v) is 12.9. The van der Waals surface area contributed by atoms with E-state index in [4.69, 9.17) is 0 Å². The Morgan fingerprint density at radius 2 is 2.22 bits per heavy atom. The fourth-order valence-corrected chi connectivity index (χ4v) is 2.38. The van der Waals surface area contributed by atoms with E-state index in [-0.39, 0.29) is 10.6 Å². The summed E-state index contributed by atoms with van der Waals surface area (Å²) in [4.78, 5) is 10.4. The molecule has 1 rings (SSSR count). The largest absolute Gasteiger partial charge is 0.313 e. The minimum absolute atomic E-state index is 0.124. The standard InChI is InChI=1S/C12H17BrN2O2S/c1-9(18-2)3-4-14-8-10-5-11(13)7-12(6-10)15(16)17/h5-7,9,14H,3-4,8H2,1-2H3. The first kappa shape index (κ1) is 15.5. The van der Waals surface area contributed by atoms with Crippen LogP contribution in [0.25, 0.3) is 0 Å². The molecule has 0 fully saturated rings. The van der Waals surface area contributed by atoms with Crippen LogP contribution < -0.4 is 5.32 Å². The number of nitrogens with one attached hydrogen (secondary N) is 1. The zero-order chi connectivity index (χ0) is 13.5. The van der Waals surface area contributed by atoms with Gasteiger partial charge in [-0.15, -0.1) is 0 Å². The molecule has 6 heteroatoms. The Hall–Kier alpha value is -0.590. The van der Waals surface area contributed by atoms with Crippen molar-refractivity contribution in [1.82, 2.24) is 5.32 Å². The lowest BCUT2D eigenvalue weighted by atomic mass is 10.2. The SMILES string of the molecule is CSC(C)CCNCc1cc(Br)cc([N+](=O)[O-])c1. The number of halogens is 1. The number of benzene rings is 1. The molecule has 0 saturated heterocycles. The van der Waals surface area contributed by atoms with Gasteiger partial charge in [0.1, 0.15) is 0 Å². The number of rotatable bonds is 7. The molecule has 0 amide bonds. The van der Waals surface area contributed by atoms with Crippen molar-refractivity contribution in [2.24, 2.45) is 0 Å². The van der Waals surface area contributed by atoms with Crippen LogP contribution in [0, 0.1) is 10.1 Å². The monoisotopic (exact) mass is 332 g/mol. The summed E-state index contributed by atoms with van der Waals surface area (Å²) in [6, 6.07) is 5.02. The van der Waals surface area contributed by atoms with Gasteiger partial charge in [-0.1, -0.05) is 22.9 Å². The molecule has 4 nitrogen and oxygen atoms in total. The Morgan fingerprint density at radius 3 is 2.83 bits per heavy atom. The van der Waals surface area contributed by atoms with Crippen LogP contribution in [0.15, 0.2) is 22.7 Å². The second-order valence-electron chi connectivity index (χ2n) is 4.09. The van der Waals surface area contributed by atoms with E-state index >= 15 is 0 Å². The van der Waals surface area contributed by atoms with Crippen LogP contribution in [0.4, 0.5) is 5.69 Å². The molecule has 100 valence electrons. The zero-order valence-electron chi connectivity index (χ0n) is 10.5. The van der Waals surface area contributed by atoms with Crippen LogP contribution >= 0.6 is 27.7 Å². The summed E-state index contributed by atoms with van der Waals surface area (Å²) in [5, 5.41) is 14.7. The van der Waals surface area contributed by atoms with Crippen molar-refractivity contribution >= 4 is 33.4 Å². The van der Waals surface area contributed by atoms with Crippen molar-refractivity contribution in [2.75, 3.05) is 12.8 Å². The predicted octanol–water partition coefficient (Wildman–Crippen LogP) is 3.59. The normalized spacial score (nSPS) is 12.4. The molecule has 0 aliphatic carbocycles. The fraction of sp³-hybridized carbons (Fsp3) is 0.500. The molecule has 0 aliphatic heterocycles. The van der Waals surface area contributed by atoms with Crippen molar-refractivity contribution in [3.63, 3.8) is 0 Å². The van der Waals surface area contributed by atoms with Crippen molar-refractivity contribution in [1.29, 1.82) is 0 Å². The summed E-state index contributed by atoms with van der Waals surface area (Å²) < 4.78 is 0.742. The van der Waals surface area contributed by atoms with E-state index < -0.39 is 0 Å². The van der Waals surface area contributed by atoms with Gasteiger partial charge in [-0.3, -0.25) is 10.1 Å². The average molecular weight is 333 g/mol. The molecular formula is C12H17BrN2O2S. The van der Waals surface area contributed by atoms with Gasteiger partial charge in [-0.25, -0.2) is 0 Å². The van der Waals surface area contributed by atoms with Crippen molar-refractivity contribution in [3.8, 4) is 0 Å². The molecule has 1 N–H and O–H groups in total. The lowest BCUT2D eigenvalue weighted by Gasteiger charge is -2.09. The van der Waals surface area contributed by atoms with Gasteiger partial charge in [-0.2, -0.15) is 11.8 Å². The second kappa shape index (κ2) is 7.76. The smallest absolute Gasteiger partial charge is 0.270 e. The molecular weight excluding hydrogens is 316 g/mol. The summed E-state index contributed by atoms with van der Waals surface area (Å²) in [5.41, 5.74) is 1.05. The predicted molar refractivity (Wildman–Crippen MR) is 80.1 cm³/mol. The van der Waals surface area contributed by atoms with Gasteiger partial charge in [0, 0.05) is 28.4 Å².